The second kappa shape index (κ2) is 11.6. The Bertz CT molecular complexity index is 1530. The molecular weight excluding hydrogens is 506 g/mol. The zero-order valence-corrected chi connectivity index (χ0v) is 23.1. The van der Waals surface area contributed by atoms with E-state index in [1.165, 1.54) is 18.1 Å². The van der Waals surface area contributed by atoms with Crippen molar-refractivity contribution in [2.75, 3.05) is 29.5 Å². The van der Waals surface area contributed by atoms with E-state index >= 15 is 0 Å². The number of carbonyl (C=O) groups excluding carboxylic acids is 2. The highest BCUT2D eigenvalue weighted by Gasteiger charge is 2.18. The van der Waals surface area contributed by atoms with E-state index in [2.05, 4.69) is 64.9 Å². The van der Waals surface area contributed by atoms with E-state index < -0.39 is 0 Å². The summed E-state index contributed by atoms with van der Waals surface area (Å²) in [6.45, 7) is 7.53. The van der Waals surface area contributed by atoms with E-state index in [0.717, 1.165) is 30.9 Å². The lowest BCUT2D eigenvalue weighted by atomic mass is 9.99. The van der Waals surface area contributed by atoms with Gasteiger partial charge in [-0.3, -0.25) is 10.1 Å². The fourth-order valence-electron chi connectivity index (χ4n) is 4.52. The molecule has 4 aromatic rings. The molecule has 0 saturated carbocycles. The van der Waals surface area contributed by atoms with Crippen molar-refractivity contribution in [2.45, 2.75) is 39.7 Å². The summed E-state index contributed by atoms with van der Waals surface area (Å²) in [5, 5.41) is 13.3. The number of likely N-dealkylation sites (N-methyl/N-ethyl adjacent to an activating group) is 1. The van der Waals surface area contributed by atoms with Gasteiger partial charge in [0.25, 0.3) is 0 Å². The first-order valence-electron chi connectivity index (χ1n) is 13.2. The molecule has 3 heterocycles. The number of hydrogen-bond acceptors (Lipinski definition) is 6. The molecule has 10 heteroatoms. The molecule has 10 nitrogen and oxygen atoms in total. The maximum Gasteiger partial charge on any atom is 0.324 e. The number of hydrogen-bond donors (Lipinski definition) is 3. The molecule has 0 saturated heterocycles. The Kier molecular flexibility index (Phi) is 7.79. The van der Waals surface area contributed by atoms with Crippen LogP contribution in [0.25, 0.3) is 5.69 Å². The van der Waals surface area contributed by atoms with Crippen molar-refractivity contribution in [3.05, 3.63) is 83.7 Å². The van der Waals surface area contributed by atoms with Crippen molar-refractivity contribution in [3.8, 4) is 17.2 Å². The predicted molar refractivity (Wildman–Crippen MR) is 155 cm³/mol. The quantitative estimate of drug-likeness (QED) is 0.275. The van der Waals surface area contributed by atoms with Gasteiger partial charge in [0, 0.05) is 44.0 Å². The number of pyridine rings is 1. The minimum atomic E-state index is -0.376. The van der Waals surface area contributed by atoms with E-state index in [4.69, 9.17) is 9.84 Å². The molecule has 0 unspecified atom stereocenters. The van der Waals surface area contributed by atoms with Crippen molar-refractivity contribution in [1.82, 2.24) is 19.7 Å². The molecule has 1 aliphatic rings. The molecule has 2 aromatic carbocycles. The van der Waals surface area contributed by atoms with Gasteiger partial charge in [0.2, 0.25) is 5.91 Å². The van der Waals surface area contributed by atoms with Gasteiger partial charge in [-0.25, -0.2) is 14.5 Å². The van der Waals surface area contributed by atoms with E-state index in [0.29, 0.717) is 28.8 Å². The maximum atomic E-state index is 13.0. The Morgan fingerprint density at radius 3 is 2.48 bits per heavy atom. The fraction of sp³-hybridized carbons (Fsp3) is 0.267. The third kappa shape index (κ3) is 6.47. The van der Waals surface area contributed by atoms with Crippen LogP contribution in [0.4, 0.5) is 22.1 Å². The van der Waals surface area contributed by atoms with Gasteiger partial charge in [-0.05, 0) is 73.0 Å². The number of benzene rings is 2. The zero-order valence-electron chi connectivity index (χ0n) is 23.1. The summed E-state index contributed by atoms with van der Waals surface area (Å²) in [4.78, 5) is 30.6. The number of anilines is 3. The van der Waals surface area contributed by atoms with E-state index in [1.54, 1.807) is 47.3 Å². The minimum Gasteiger partial charge on any atom is -0.457 e. The number of nitrogens with zero attached hydrogens (tertiary/aromatic N) is 4. The average Bonchev–Trinajstić information content (AvgIpc) is 3.33. The maximum absolute atomic E-state index is 13.0. The van der Waals surface area contributed by atoms with Crippen LogP contribution < -0.4 is 20.7 Å². The number of rotatable bonds is 7. The van der Waals surface area contributed by atoms with E-state index in [1.807, 2.05) is 6.07 Å². The molecule has 0 atom stereocenters. The lowest BCUT2D eigenvalue weighted by Crippen LogP contribution is -2.26. The molecule has 206 valence electrons. The number of carbonyl (C=O) groups is 2. The molecule has 40 heavy (non-hydrogen) atoms. The smallest absolute Gasteiger partial charge is 0.324 e. The third-order valence-corrected chi connectivity index (χ3v) is 6.58. The van der Waals surface area contributed by atoms with Gasteiger partial charge in [0.15, 0.2) is 0 Å². The topological polar surface area (TPSA) is 113 Å². The molecule has 0 bridgehead atoms. The first-order chi connectivity index (χ1) is 19.2. The highest BCUT2D eigenvalue weighted by Crippen LogP contribution is 2.27. The monoisotopic (exact) mass is 539 g/mol. The lowest BCUT2D eigenvalue weighted by molar-refractivity contribution is -0.114. The molecular formula is C30H33N7O3. The molecule has 0 fully saturated rings. The largest absolute Gasteiger partial charge is 0.457 e. The van der Waals surface area contributed by atoms with Gasteiger partial charge >= 0.3 is 6.03 Å². The van der Waals surface area contributed by atoms with Crippen LogP contribution in [0.3, 0.4) is 0 Å². The second-order valence-corrected chi connectivity index (χ2v) is 10.2. The summed E-state index contributed by atoms with van der Waals surface area (Å²) >= 11 is 0. The van der Waals surface area contributed by atoms with Crippen molar-refractivity contribution >= 4 is 29.3 Å². The van der Waals surface area contributed by atoms with Gasteiger partial charge in [-0.1, -0.05) is 19.9 Å². The zero-order chi connectivity index (χ0) is 28.2. The van der Waals surface area contributed by atoms with Crippen LogP contribution in [-0.2, 0) is 17.8 Å². The molecule has 0 radical (unpaired) electrons. The Labute approximate surface area is 233 Å². The molecule has 5 rings (SSSR count). The molecule has 0 aliphatic carbocycles. The molecule has 3 amide bonds. The predicted octanol–water partition coefficient (Wildman–Crippen LogP) is 5.77. The number of nitrogens with one attached hydrogen (secondary N) is 3. The lowest BCUT2D eigenvalue weighted by Gasteiger charge is -2.25. The summed E-state index contributed by atoms with van der Waals surface area (Å²) in [7, 11) is 2.13. The number of amides is 3. The third-order valence-electron chi connectivity index (χ3n) is 6.58. The summed E-state index contributed by atoms with van der Waals surface area (Å²) < 4.78 is 7.66. The van der Waals surface area contributed by atoms with Crippen molar-refractivity contribution in [3.63, 3.8) is 0 Å². The number of fused-ring (bicyclic) bond motifs is 1. The van der Waals surface area contributed by atoms with Crippen LogP contribution in [0.1, 0.15) is 43.5 Å². The molecule has 0 spiro atoms. The minimum absolute atomic E-state index is 0.207. The Morgan fingerprint density at radius 1 is 0.925 bits per heavy atom. The normalized spacial score (nSPS) is 13.0. The Hall–Kier alpha value is -4.70. The van der Waals surface area contributed by atoms with Crippen LogP contribution in [0.2, 0.25) is 0 Å². The van der Waals surface area contributed by atoms with Gasteiger partial charge in [0.05, 0.1) is 11.4 Å². The standard InChI is InChI=1S/C30H33N7O3/c1-19(2)27-17-29(37(35-27)24-8-5-22-18-36(4)14-12-21(22)15-24)34-30(39)33-23-6-9-25(10-7-23)40-26-11-13-31-28(16-26)32-20(3)38/h5-11,13,15-17,19H,12,14,18H2,1-4H3,(H,31,32,38)(H2,33,34,39). The number of aromatic nitrogens is 3. The van der Waals surface area contributed by atoms with Crippen molar-refractivity contribution < 1.29 is 14.3 Å². The van der Waals surface area contributed by atoms with Crippen LogP contribution >= 0.6 is 0 Å². The summed E-state index contributed by atoms with van der Waals surface area (Å²) in [5.74, 6) is 2.10. The number of urea groups is 1. The van der Waals surface area contributed by atoms with Gasteiger partial charge in [-0.15, -0.1) is 0 Å². The summed E-state index contributed by atoms with van der Waals surface area (Å²) in [5.41, 5.74) is 5.06. The molecule has 3 N–H and O–H groups in total. The van der Waals surface area contributed by atoms with Crippen LogP contribution in [0.5, 0.6) is 11.5 Å². The fourth-order valence-corrected chi connectivity index (χ4v) is 4.52. The number of ether oxygens (including phenoxy) is 1. The second-order valence-electron chi connectivity index (χ2n) is 10.2. The van der Waals surface area contributed by atoms with Crippen molar-refractivity contribution in [2.24, 2.45) is 0 Å². The van der Waals surface area contributed by atoms with Crippen LogP contribution in [-0.4, -0.2) is 45.2 Å². The van der Waals surface area contributed by atoms with Crippen LogP contribution in [0.15, 0.2) is 66.9 Å². The van der Waals surface area contributed by atoms with Gasteiger partial charge < -0.3 is 20.3 Å². The van der Waals surface area contributed by atoms with Crippen molar-refractivity contribution in [1.29, 1.82) is 0 Å². The highest BCUT2D eigenvalue weighted by molar-refractivity contribution is 5.99. The highest BCUT2D eigenvalue weighted by atomic mass is 16.5. The first kappa shape index (κ1) is 26.9. The molecule has 1 aliphatic heterocycles. The Morgan fingerprint density at radius 2 is 1.73 bits per heavy atom. The average molecular weight is 540 g/mol. The van der Waals surface area contributed by atoms with Gasteiger partial charge in [0.1, 0.15) is 23.1 Å². The Balaban J connectivity index is 1.27. The van der Waals surface area contributed by atoms with Crippen LogP contribution in [0, 0.1) is 0 Å². The SMILES string of the molecule is CC(=O)Nc1cc(Oc2ccc(NC(=O)Nc3cc(C(C)C)nn3-c3ccc4c(c3)CCN(C)C4)cc2)ccn1. The van der Waals surface area contributed by atoms with E-state index in [-0.39, 0.29) is 17.9 Å². The van der Waals surface area contributed by atoms with Gasteiger partial charge in [-0.2, -0.15) is 5.10 Å². The molecule has 2 aromatic heterocycles. The summed E-state index contributed by atoms with van der Waals surface area (Å²) in [6.07, 6.45) is 2.54. The summed E-state index contributed by atoms with van der Waals surface area (Å²) in [6, 6.07) is 18.2. The van der Waals surface area contributed by atoms with E-state index in [9.17, 15) is 9.59 Å². The first-order valence-corrected chi connectivity index (χ1v) is 13.2.